The van der Waals surface area contributed by atoms with Crippen LogP contribution in [-0.4, -0.2) is 70.8 Å². The lowest BCUT2D eigenvalue weighted by atomic mass is 10.1. The summed E-state index contributed by atoms with van der Waals surface area (Å²) >= 11 is 0. The molecule has 2 aliphatic heterocycles. The van der Waals surface area contributed by atoms with E-state index in [1.54, 1.807) is 0 Å². The lowest BCUT2D eigenvalue weighted by molar-refractivity contribution is 0.0378. The van der Waals surface area contributed by atoms with Crippen LogP contribution in [0.2, 0.25) is 0 Å². The molecule has 7 heteroatoms. The van der Waals surface area contributed by atoms with Gasteiger partial charge in [0.05, 0.1) is 42.6 Å². The van der Waals surface area contributed by atoms with Crippen LogP contribution in [0.25, 0.3) is 11.0 Å². The third-order valence-corrected chi connectivity index (χ3v) is 5.88. The zero-order valence-corrected chi connectivity index (χ0v) is 18.3. The van der Waals surface area contributed by atoms with Crippen LogP contribution >= 0.6 is 0 Å². The second-order valence-corrected chi connectivity index (χ2v) is 8.41. The Kier molecular flexibility index (Phi) is 6.51. The fraction of sp³-hybridized carbons (Fsp3) is 0.565. The Morgan fingerprint density at radius 1 is 1.20 bits per heavy atom. The van der Waals surface area contributed by atoms with Crippen molar-refractivity contribution in [1.82, 2.24) is 14.5 Å². The van der Waals surface area contributed by atoms with Crippen molar-refractivity contribution in [2.45, 2.75) is 46.3 Å². The number of fused-ring (bicyclic) bond motifs is 1. The van der Waals surface area contributed by atoms with Gasteiger partial charge >= 0.3 is 0 Å². The first kappa shape index (κ1) is 21.0. The molecular weight excluding hydrogens is 378 g/mol. The molecule has 1 aromatic carbocycles. The minimum absolute atomic E-state index is 0.536. The van der Waals surface area contributed by atoms with Gasteiger partial charge < -0.3 is 19.7 Å². The fourth-order valence-electron chi connectivity index (χ4n) is 4.34. The van der Waals surface area contributed by atoms with Crippen molar-refractivity contribution in [3.63, 3.8) is 0 Å². The number of rotatable bonds is 7. The number of nitrogens with zero attached hydrogens (tertiary/aromatic N) is 4. The van der Waals surface area contributed by atoms with E-state index in [4.69, 9.17) is 9.72 Å². The molecule has 0 radical (unpaired) electrons. The summed E-state index contributed by atoms with van der Waals surface area (Å²) in [5, 5.41) is 14.0. The molecule has 2 aromatic rings. The lowest BCUT2D eigenvalue weighted by Gasteiger charge is -2.26. The summed E-state index contributed by atoms with van der Waals surface area (Å²) in [4.78, 5) is 12.0. The van der Waals surface area contributed by atoms with Gasteiger partial charge in [-0.1, -0.05) is 12.1 Å². The molecule has 30 heavy (non-hydrogen) atoms. The zero-order valence-electron chi connectivity index (χ0n) is 18.3. The van der Waals surface area contributed by atoms with E-state index in [1.165, 1.54) is 11.1 Å². The van der Waals surface area contributed by atoms with Crippen molar-refractivity contribution >= 4 is 22.7 Å². The van der Waals surface area contributed by atoms with Gasteiger partial charge in [-0.2, -0.15) is 0 Å². The minimum Gasteiger partial charge on any atom is -0.387 e. The van der Waals surface area contributed by atoms with Crippen molar-refractivity contribution in [2.75, 3.05) is 44.7 Å². The average Bonchev–Trinajstić information content (AvgIpc) is 3.06. The van der Waals surface area contributed by atoms with Crippen LogP contribution in [-0.2, 0) is 11.3 Å². The topological polar surface area (TPSA) is 74.9 Å². The number of imidazole rings is 1. The first-order chi connectivity index (χ1) is 14.5. The molecular formula is C23H33N5O2. The van der Waals surface area contributed by atoms with Gasteiger partial charge in [-0.3, -0.25) is 9.89 Å². The number of aliphatic hydroxyl groups is 1. The lowest BCUT2D eigenvalue weighted by Crippen LogP contribution is -2.37. The van der Waals surface area contributed by atoms with Crippen LogP contribution in [0.3, 0.4) is 0 Å². The van der Waals surface area contributed by atoms with E-state index in [-0.39, 0.29) is 0 Å². The standard InChI is InChI=1S/C23H33N5O2/c1-16-13-17(2)22-19(14-16)26-23(24-7-4-8-27-9-11-30-12-10-27)28(22)15-20-21(29)6-5-18(3)25-20/h5,13-14,21,29H,4,6-12,15H2,1-3H3,(H,24,26). The molecule has 7 nitrogen and oxygen atoms in total. The number of aliphatic hydroxyl groups excluding tert-OH is 1. The van der Waals surface area contributed by atoms with Crippen LogP contribution in [0.15, 0.2) is 28.9 Å². The predicted molar refractivity (Wildman–Crippen MR) is 121 cm³/mol. The van der Waals surface area contributed by atoms with E-state index in [1.807, 2.05) is 13.0 Å². The Labute approximate surface area is 178 Å². The molecule has 162 valence electrons. The molecule has 1 fully saturated rings. The highest BCUT2D eigenvalue weighted by molar-refractivity contribution is 5.92. The predicted octanol–water partition coefficient (Wildman–Crippen LogP) is 2.90. The molecule has 0 aliphatic carbocycles. The summed E-state index contributed by atoms with van der Waals surface area (Å²) in [6.45, 7) is 12.4. The third-order valence-electron chi connectivity index (χ3n) is 5.88. The summed E-state index contributed by atoms with van der Waals surface area (Å²) in [5.41, 5.74) is 6.26. The Morgan fingerprint density at radius 2 is 2.00 bits per heavy atom. The van der Waals surface area contributed by atoms with E-state index in [0.717, 1.165) is 74.2 Å². The first-order valence-electron chi connectivity index (χ1n) is 10.9. The number of morpholine rings is 1. The van der Waals surface area contributed by atoms with Crippen molar-refractivity contribution < 1.29 is 9.84 Å². The molecule has 3 heterocycles. The number of hydrogen-bond acceptors (Lipinski definition) is 6. The number of benzene rings is 1. The zero-order chi connectivity index (χ0) is 21.1. The largest absolute Gasteiger partial charge is 0.387 e. The van der Waals surface area contributed by atoms with Crippen molar-refractivity contribution in [3.8, 4) is 0 Å². The maximum atomic E-state index is 10.5. The number of aromatic nitrogens is 2. The molecule has 1 atom stereocenters. The molecule has 1 saturated heterocycles. The fourth-order valence-corrected chi connectivity index (χ4v) is 4.34. The summed E-state index contributed by atoms with van der Waals surface area (Å²) in [7, 11) is 0. The number of aliphatic imine (C=N–C) groups is 1. The minimum atomic E-state index is -0.536. The smallest absolute Gasteiger partial charge is 0.204 e. The van der Waals surface area contributed by atoms with Gasteiger partial charge in [0.1, 0.15) is 0 Å². The SMILES string of the molecule is CC1=CCC(O)C(Cn2c(NCCCN3CCOCC3)nc3cc(C)cc(C)c32)=N1. The monoisotopic (exact) mass is 411 g/mol. The van der Waals surface area contributed by atoms with Crippen molar-refractivity contribution in [2.24, 2.45) is 4.99 Å². The summed E-state index contributed by atoms with van der Waals surface area (Å²) in [6, 6.07) is 4.31. The van der Waals surface area contributed by atoms with Gasteiger partial charge in [-0.05, 0) is 57.4 Å². The number of hydrogen-bond donors (Lipinski definition) is 2. The summed E-state index contributed by atoms with van der Waals surface area (Å²) in [6.07, 6.45) is 3.12. The van der Waals surface area contributed by atoms with Crippen molar-refractivity contribution in [1.29, 1.82) is 0 Å². The molecule has 0 spiro atoms. The number of allylic oxidation sites excluding steroid dienone is 1. The van der Waals surface area contributed by atoms with Gasteiger partial charge in [-0.15, -0.1) is 0 Å². The van der Waals surface area contributed by atoms with Gasteiger partial charge in [-0.25, -0.2) is 4.98 Å². The summed E-state index contributed by atoms with van der Waals surface area (Å²) < 4.78 is 7.61. The van der Waals surface area contributed by atoms with E-state index in [2.05, 4.69) is 45.8 Å². The maximum absolute atomic E-state index is 10.5. The normalized spacial score (nSPS) is 20.3. The van der Waals surface area contributed by atoms with E-state index in [9.17, 15) is 5.11 Å². The second-order valence-electron chi connectivity index (χ2n) is 8.41. The summed E-state index contributed by atoms with van der Waals surface area (Å²) in [5.74, 6) is 0.850. The highest BCUT2D eigenvalue weighted by Gasteiger charge is 2.21. The number of nitrogens with one attached hydrogen (secondary N) is 1. The van der Waals surface area contributed by atoms with Crippen LogP contribution in [0.5, 0.6) is 0 Å². The van der Waals surface area contributed by atoms with Gasteiger partial charge in [0, 0.05) is 25.3 Å². The first-order valence-corrected chi connectivity index (χ1v) is 10.9. The van der Waals surface area contributed by atoms with Gasteiger partial charge in [0.15, 0.2) is 0 Å². The Morgan fingerprint density at radius 3 is 2.80 bits per heavy atom. The van der Waals surface area contributed by atoms with E-state index >= 15 is 0 Å². The number of anilines is 1. The van der Waals surface area contributed by atoms with E-state index < -0.39 is 6.10 Å². The molecule has 0 bridgehead atoms. The Balaban J connectivity index is 1.54. The highest BCUT2D eigenvalue weighted by atomic mass is 16.5. The van der Waals surface area contributed by atoms with E-state index in [0.29, 0.717) is 13.0 Å². The maximum Gasteiger partial charge on any atom is 0.204 e. The Hall–Kier alpha value is -2.22. The quantitative estimate of drug-likeness (QED) is 0.686. The van der Waals surface area contributed by atoms with Crippen LogP contribution in [0.4, 0.5) is 5.95 Å². The molecule has 1 unspecified atom stereocenters. The molecule has 0 saturated carbocycles. The van der Waals surface area contributed by atoms with Crippen LogP contribution < -0.4 is 5.32 Å². The molecule has 2 N–H and O–H groups in total. The van der Waals surface area contributed by atoms with Crippen molar-refractivity contribution in [3.05, 3.63) is 35.0 Å². The third kappa shape index (κ3) is 4.74. The van der Waals surface area contributed by atoms with Gasteiger partial charge in [0.25, 0.3) is 0 Å². The van der Waals surface area contributed by atoms with Crippen LogP contribution in [0.1, 0.15) is 30.9 Å². The highest BCUT2D eigenvalue weighted by Crippen LogP contribution is 2.26. The number of ether oxygens (including phenoxy) is 1. The Bertz CT molecular complexity index is 956. The van der Waals surface area contributed by atoms with Crippen LogP contribution in [0, 0.1) is 13.8 Å². The molecule has 1 aromatic heterocycles. The molecule has 0 amide bonds. The number of aryl methyl sites for hydroxylation is 2. The molecule has 4 rings (SSSR count). The molecule has 2 aliphatic rings. The second kappa shape index (κ2) is 9.29. The average molecular weight is 412 g/mol. The van der Waals surface area contributed by atoms with Gasteiger partial charge in [0.2, 0.25) is 5.95 Å².